The third kappa shape index (κ3) is 2.92. The number of nitrogens with one attached hydrogen (secondary N) is 1. The molecule has 0 fully saturated rings. The van der Waals surface area contributed by atoms with Crippen molar-refractivity contribution >= 4 is 28.9 Å². The van der Waals surface area contributed by atoms with Crippen molar-refractivity contribution in [3.8, 4) is 0 Å². The summed E-state index contributed by atoms with van der Waals surface area (Å²) in [4.78, 5) is 19.8. The van der Waals surface area contributed by atoms with Crippen molar-refractivity contribution in [1.29, 1.82) is 0 Å². The molecule has 0 saturated heterocycles. The Hall–Kier alpha value is -3.09. The quantitative estimate of drug-likeness (QED) is 0.431. The van der Waals surface area contributed by atoms with E-state index in [1.165, 1.54) is 6.26 Å². The summed E-state index contributed by atoms with van der Waals surface area (Å²) in [5, 5.41) is 2.70. The lowest BCUT2D eigenvalue weighted by molar-refractivity contribution is 0.0975. The Morgan fingerprint density at radius 3 is 2.90 bits per heavy atom. The summed E-state index contributed by atoms with van der Waals surface area (Å²) < 4.78 is 10.4. The van der Waals surface area contributed by atoms with Crippen LogP contribution in [0.5, 0.6) is 0 Å². The molecule has 3 N–H and O–H groups in total. The maximum absolute atomic E-state index is 11.7. The normalized spacial score (nSPS) is 11.7. The topological polar surface area (TPSA) is 107 Å². The van der Waals surface area contributed by atoms with Gasteiger partial charge < -0.3 is 14.6 Å². The van der Waals surface area contributed by atoms with Gasteiger partial charge in [0, 0.05) is 0 Å². The second-order valence-corrected chi connectivity index (χ2v) is 4.21. The van der Waals surface area contributed by atoms with Gasteiger partial charge in [-0.1, -0.05) is 12.1 Å². The largest absolute Gasteiger partial charge is 0.461 e. The summed E-state index contributed by atoms with van der Waals surface area (Å²) in [6.45, 7) is -0.118. The number of rotatable bonds is 4. The molecule has 3 rings (SSSR count). The number of guanidine groups is 1. The Bertz CT molecular complexity index is 757. The zero-order valence-corrected chi connectivity index (χ0v) is 10.9. The number of benzene rings is 1. The monoisotopic (exact) mass is 284 g/mol. The minimum absolute atomic E-state index is 0.0430. The number of carbonyl (C=O) groups is 1. The van der Waals surface area contributed by atoms with Crippen molar-refractivity contribution in [2.75, 3.05) is 11.9 Å². The minimum Gasteiger partial charge on any atom is -0.461 e. The first-order chi connectivity index (χ1) is 10.2. The first-order valence-electron chi connectivity index (χ1n) is 6.21. The molecule has 21 heavy (non-hydrogen) atoms. The Morgan fingerprint density at radius 1 is 1.29 bits per heavy atom. The van der Waals surface area contributed by atoms with Gasteiger partial charge >= 0.3 is 6.01 Å². The molecule has 2 heterocycles. The zero-order chi connectivity index (χ0) is 14.7. The van der Waals surface area contributed by atoms with Gasteiger partial charge in [-0.15, -0.1) is 0 Å². The van der Waals surface area contributed by atoms with E-state index in [0.29, 0.717) is 11.1 Å². The van der Waals surface area contributed by atoms with Crippen molar-refractivity contribution in [1.82, 2.24) is 4.98 Å². The van der Waals surface area contributed by atoms with Gasteiger partial charge in [-0.25, -0.2) is 4.99 Å². The molecular weight excluding hydrogens is 272 g/mol. The van der Waals surface area contributed by atoms with Crippen LogP contribution in [0.15, 0.2) is 56.5 Å². The summed E-state index contributed by atoms with van der Waals surface area (Å²) in [6.07, 6.45) is 1.43. The maximum Gasteiger partial charge on any atom is 0.302 e. The highest BCUT2D eigenvalue weighted by Gasteiger charge is 2.09. The number of fused-ring (bicyclic) bond motifs is 1. The fourth-order valence-electron chi connectivity index (χ4n) is 1.75. The van der Waals surface area contributed by atoms with Crippen LogP contribution in [-0.4, -0.2) is 23.3 Å². The van der Waals surface area contributed by atoms with Crippen LogP contribution in [0.1, 0.15) is 10.6 Å². The predicted octanol–water partition coefficient (Wildman–Crippen LogP) is 2.03. The average molecular weight is 284 g/mol. The second kappa shape index (κ2) is 5.49. The molecule has 7 heteroatoms. The Kier molecular flexibility index (Phi) is 3.38. The molecule has 0 bridgehead atoms. The van der Waals surface area contributed by atoms with Gasteiger partial charge in [0.1, 0.15) is 12.1 Å². The molecule has 0 saturated carbocycles. The Morgan fingerprint density at radius 2 is 2.14 bits per heavy atom. The van der Waals surface area contributed by atoms with Crippen LogP contribution in [0.25, 0.3) is 11.1 Å². The molecule has 2 aromatic heterocycles. The lowest BCUT2D eigenvalue weighted by atomic mass is 10.3. The van der Waals surface area contributed by atoms with Gasteiger partial charge in [-0.05, 0) is 24.3 Å². The Labute approximate surface area is 119 Å². The number of aliphatic imine (C=N–C) groups is 1. The van der Waals surface area contributed by atoms with Gasteiger partial charge in [0.25, 0.3) is 0 Å². The first-order valence-corrected chi connectivity index (χ1v) is 6.21. The molecule has 0 aliphatic carbocycles. The first kappa shape index (κ1) is 12.9. The van der Waals surface area contributed by atoms with E-state index in [4.69, 9.17) is 14.6 Å². The number of furan rings is 1. The van der Waals surface area contributed by atoms with Crippen molar-refractivity contribution in [3.05, 3.63) is 48.4 Å². The lowest BCUT2D eigenvalue weighted by Crippen LogP contribution is -2.24. The molecule has 0 amide bonds. The number of hydrogen-bond acceptors (Lipinski definition) is 5. The fourth-order valence-corrected chi connectivity index (χ4v) is 1.75. The van der Waals surface area contributed by atoms with Crippen LogP contribution in [-0.2, 0) is 0 Å². The fraction of sp³-hybridized carbons (Fsp3) is 0.0714. The third-order valence-corrected chi connectivity index (χ3v) is 2.72. The molecule has 106 valence electrons. The molecule has 0 aliphatic rings. The highest BCUT2D eigenvalue weighted by atomic mass is 16.4. The minimum atomic E-state index is -0.262. The van der Waals surface area contributed by atoms with Crippen LogP contribution < -0.4 is 11.1 Å². The second-order valence-electron chi connectivity index (χ2n) is 4.21. The molecule has 0 atom stereocenters. The standard InChI is InChI=1S/C14H12N4O3/c15-13(16-8-10(19)12-6-3-7-20-12)18-14-17-9-4-1-2-5-11(9)21-14/h1-7H,8H2,(H3,15,16,17,18). The number of ketones is 1. The summed E-state index contributed by atoms with van der Waals surface area (Å²) in [5.74, 6) is 0.0252. The highest BCUT2D eigenvalue weighted by molar-refractivity contribution is 5.98. The van der Waals surface area contributed by atoms with Crippen molar-refractivity contribution in [3.63, 3.8) is 0 Å². The van der Waals surface area contributed by atoms with Gasteiger partial charge in [0.2, 0.25) is 5.78 Å². The maximum atomic E-state index is 11.7. The summed E-state index contributed by atoms with van der Waals surface area (Å²) in [7, 11) is 0. The number of nitrogens with two attached hydrogens (primary N) is 1. The number of para-hydroxylation sites is 2. The number of anilines is 1. The van der Waals surface area contributed by atoms with Crippen molar-refractivity contribution in [2.45, 2.75) is 0 Å². The van der Waals surface area contributed by atoms with Crippen molar-refractivity contribution in [2.24, 2.45) is 10.7 Å². The molecular formula is C14H12N4O3. The number of aromatic nitrogens is 1. The molecule has 0 spiro atoms. The molecule has 0 radical (unpaired) electrons. The van der Waals surface area contributed by atoms with E-state index in [-0.39, 0.29) is 30.1 Å². The van der Waals surface area contributed by atoms with Crippen LogP contribution in [0.4, 0.5) is 6.01 Å². The Balaban J connectivity index is 1.66. The summed E-state index contributed by atoms with van der Waals surface area (Å²) in [5.41, 5.74) is 7.03. The van der Waals surface area contributed by atoms with Crippen LogP contribution >= 0.6 is 0 Å². The third-order valence-electron chi connectivity index (χ3n) is 2.72. The van der Waals surface area contributed by atoms with Gasteiger partial charge in [-0.3, -0.25) is 10.1 Å². The molecule has 0 aliphatic heterocycles. The molecule has 3 aromatic rings. The number of carbonyl (C=O) groups excluding carboxylic acids is 1. The smallest absolute Gasteiger partial charge is 0.302 e. The number of oxazole rings is 1. The van der Waals surface area contributed by atoms with Crippen LogP contribution in [0, 0.1) is 0 Å². The molecule has 1 aromatic carbocycles. The van der Waals surface area contributed by atoms with Gasteiger partial charge in [-0.2, -0.15) is 4.98 Å². The summed E-state index contributed by atoms with van der Waals surface area (Å²) >= 11 is 0. The summed E-state index contributed by atoms with van der Waals surface area (Å²) in [6, 6.07) is 10.7. The average Bonchev–Trinajstić information content (AvgIpc) is 3.13. The molecule has 7 nitrogen and oxygen atoms in total. The van der Waals surface area contributed by atoms with E-state index in [1.807, 2.05) is 18.2 Å². The number of Topliss-reactive ketones (excluding diaryl/α,β-unsaturated/α-hetero) is 1. The van der Waals surface area contributed by atoms with E-state index < -0.39 is 0 Å². The van der Waals surface area contributed by atoms with Gasteiger partial charge in [0.05, 0.1) is 6.26 Å². The lowest BCUT2D eigenvalue weighted by Gasteiger charge is -1.99. The van der Waals surface area contributed by atoms with E-state index in [1.54, 1.807) is 18.2 Å². The van der Waals surface area contributed by atoms with Crippen LogP contribution in [0.2, 0.25) is 0 Å². The number of nitrogens with zero attached hydrogens (tertiary/aromatic N) is 2. The predicted molar refractivity (Wildman–Crippen MR) is 77.2 cm³/mol. The van der Waals surface area contributed by atoms with E-state index >= 15 is 0 Å². The highest BCUT2D eigenvalue weighted by Crippen LogP contribution is 2.17. The van der Waals surface area contributed by atoms with E-state index in [2.05, 4.69) is 15.3 Å². The zero-order valence-electron chi connectivity index (χ0n) is 10.9. The van der Waals surface area contributed by atoms with Crippen LogP contribution in [0.3, 0.4) is 0 Å². The van der Waals surface area contributed by atoms with E-state index in [9.17, 15) is 4.79 Å². The SMILES string of the molecule is NC(=NCC(=O)c1ccco1)Nc1nc2ccccc2o1. The number of hydrogen-bond donors (Lipinski definition) is 2. The van der Waals surface area contributed by atoms with Gasteiger partial charge in [0.15, 0.2) is 17.3 Å². The van der Waals surface area contributed by atoms with E-state index in [0.717, 1.165) is 0 Å². The molecule has 0 unspecified atom stereocenters. The van der Waals surface area contributed by atoms with Crippen molar-refractivity contribution < 1.29 is 13.6 Å².